The molecular weight excluding hydrogens is 344 g/mol. The van der Waals surface area contributed by atoms with Gasteiger partial charge in [0.25, 0.3) is 0 Å². The number of piperidine rings is 1. The number of hydrogen-bond acceptors (Lipinski definition) is 5. The number of carbonyl (C=O) groups excluding carboxylic acids is 1. The van der Waals surface area contributed by atoms with E-state index in [0.29, 0.717) is 38.9 Å². The molecule has 1 amide bonds. The number of rotatable bonds is 7. The second kappa shape index (κ2) is 8.52. The van der Waals surface area contributed by atoms with Crippen LogP contribution in [0.1, 0.15) is 36.8 Å². The Kier molecular flexibility index (Phi) is 6.11. The van der Waals surface area contributed by atoms with Crippen molar-refractivity contribution in [3.8, 4) is 5.75 Å². The third-order valence-electron chi connectivity index (χ3n) is 5.28. The molecule has 0 atom stereocenters. The van der Waals surface area contributed by atoms with E-state index in [0.717, 1.165) is 12.2 Å². The minimum Gasteiger partial charge on any atom is -0.491 e. The molecule has 0 radical (unpaired) electrons. The number of ether oxygens (including phenoxy) is 1. The molecule has 2 aromatic rings. The maximum absolute atomic E-state index is 12.4. The maximum atomic E-state index is 12.4. The molecule has 1 aromatic carbocycles. The van der Waals surface area contributed by atoms with Gasteiger partial charge >= 0.3 is 0 Å². The summed E-state index contributed by atoms with van der Waals surface area (Å²) in [5, 5.41) is 14.8. The molecule has 0 saturated carbocycles. The van der Waals surface area contributed by atoms with Crippen LogP contribution in [0.2, 0.25) is 0 Å². The van der Waals surface area contributed by atoms with E-state index in [1.165, 1.54) is 17.5 Å². The van der Waals surface area contributed by atoms with Crippen molar-refractivity contribution in [1.29, 1.82) is 0 Å². The van der Waals surface area contributed by atoms with Crippen molar-refractivity contribution in [2.75, 3.05) is 19.7 Å². The number of hydrogen-bond donors (Lipinski definition) is 1. The third-order valence-corrected chi connectivity index (χ3v) is 5.28. The van der Waals surface area contributed by atoms with Crippen LogP contribution in [0.25, 0.3) is 0 Å². The van der Waals surface area contributed by atoms with Crippen LogP contribution in [0, 0.1) is 13.8 Å². The average molecular weight is 372 g/mol. The molecule has 1 aliphatic rings. The lowest BCUT2D eigenvalue weighted by Gasteiger charge is -2.38. The van der Waals surface area contributed by atoms with Crippen molar-refractivity contribution >= 4 is 5.91 Å². The summed E-state index contributed by atoms with van der Waals surface area (Å²) < 4.78 is 7.55. The highest BCUT2D eigenvalue weighted by Gasteiger charge is 2.34. The topological polar surface area (TPSA) is 80.5 Å². The summed E-state index contributed by atoms with van der Waals surface area (Å²) in [5.74, 6) is 0.908. The SMILES string of the molecule is Cc1ccc(OCC2(O)CCN(C(=O)CCCn3cncn3)CC2)cc1C. The standard InChI is InChI=1S/C20H28N4O3/c1-16-5-6-18(12-17(16)2)27-13-20(26)7-10-23(11-8-20)19(25)4-3-9-24-15-21-14-22-24/h5-6,12,14-15,26H,3-4,7-11,13H2,1-2H3. The summed E-state index contributed by atoms with van der Waals surface area (Å²) in [6, 6.07) is 5.95. The molecule has 7 nitrogen and oxygen atoms in total. The summed E-state index contributed by atoms with van der Waals surface area (Å²) in [7, 11) is 0. The van der Waals surface area contributed by atoms with Crippen molar-refractivity contribution in [3.05, 3.63) is 42.0 Å². The van der Waals surface area contributed by atoms with Crippen LogP contribution >= 0.6 is 0 Å². The fourth-order valence-corrected chi connectivity index (χ4v) is 3.24. The van der Waals surface area contributed by atoms with Crippen LogP contribution in [-0.2, 0) is 11.3 Å². The molecule has 1 aromatic heterocycles. The monoisotopic (exact) mass is 372 g/mol. The van der Waals surface area contributed by atoms with Crippen molar-refractivity contribution < 1.29 is 14.6 Å². The van der Waals surface area contributed by atoms with Gasteiger partial charge in [0.15, 0.2) is 0 Å². The molecule has 3 rings (SSSR count). The first-order valence-corrected chi connectivity index (χ1v) is 9.48. The number of nitrogens with zero attached hydrogens (tertiary/aromatic N) is 4. The van der Waals surface area contributed by atoms with Crippen molar-refractivity contribution in [2.45, 2.75) is 51.7 Å². The number of likely N-dealkylation sites (tertiary alicyclic amines) is 1. The van der Waals surface area contributed by atoms with Crippen LogP contribution in [0.3, 0.4) is 0 Å². The first kappa shape index (κ1) is 19.4. The molecule has 1 N–H and O–H groups in total. The van der Waals surface area contributed by atoms with Gasteiger partial charge in [0.05, 0.1) is 0 Å². The molecule has 0 unspecified atom stereocenters. The van der Waals surface area contributed by atoms with Gasteiger partial charge in [-0.25, -0.2) is 4.98 Å². The summed E-state index contributed by atoms with van der Waals surface area (Å²) in [6.07, 6.45) is 5.43. The fourth-order valence-electron chi connectivity index (χ4n) is 3.24. The molecule has 0 bridgehead atoms. The van der Waals surface area contributed by atoms with E-state index in [4.69, 9.17) is 4.74 Å². The van der Waals surface area contributed by atoms with Gasteiger partial charge < -0.3 is 14.7 Å². The van der Waals surface area contributed by atoms with Gasteiger partial charge in [-0.15, -0.1) is 0 Å². The Bertz CT molecular complexity index is 753. The average Bonchev–Trinajstić information content (AvgIpc) is 3.17. The van der Waals surface area contributed by atoms with Gasteiger partial charge in [0.2, 0.25) is 5.91 Å². The lowest BCUT2D eigenvalue weighted by molar-refractivity contribution is -0.136. The van der Waals surface area contributed by atoms with Crippen molar-refractivity contribution in [2.24, 2.45) is 0 Å². The highest BCUT2D eigenvalue weighted by atomic mass is 16.5. The zero-order chi connectivity index (χ0) is 19.3. The Morgan fingerprint density at radius 1 is 1.26 bits per heavy atom. The zero-order valence-electron chi connectivity index (χ0n) is 16.1. The van der Waals surface area contributed by atoms with E-state index in [1.807, 2.05) is 30.0 Å². The van der Waals surface area contributed by atoms with Crippen LogP contribution < -0.4 is 4.74 Å². The predicted octanol–water partition coefficient (Wildman–Crippen LogP) is 2.11. The van der Waals surface area contributed by atoms with Gasteiger partial charge in [-0.2, -0.15) is 5.10 Å². The Balaban J connectivity index is 1.41. The lowest BCUT2D eigenvalue weighted by atomic mass is 9.92. The van der Waals surface area contributed by atoms with Gasteiger partial charge in [0.1, 0.15) is 30.6 Å². The minimum absolute atomic E-state index is 0.132. The van der Waals surface area contributed by atoms with Gasteiger partial charge in [-0.1, -0.05) is 6.07 Å². The van der Waals surface area contributed by atoms with Crippen LogP contribution in [-0.4, -0.2) is 56.0 Å². The number of aryl methyl sites for hydroxylation is 3. The highest BCUT2D eigenvalue weighted by molar-refractivity contribution is 5.76. The summed E-state index contributed by atoms with van der Waals surface area (Å²) in [4.78, 5) is 18.1. The van der Waals surface area contributed by atoms with E-state index in [2.05, 4.69) is 17.0 Å². The van der Waals surface area contributed by atoms with Gasteiger partial charge in [-0.3, -0.25) is 9.48 Å². The molecule has 1 fully saturated rings. The van der Waals surface area contributed by atoms with Crippen molar-refractivity contribution in [1.82, 2.24) is 19.7 Å². The third kappa shape index (κ3) is 5.29. The molecule has 0 spiro atoms. The van der Waals surface area contributed by atoms with E-state index in [9.17, 15) is 9.90 Å². The zero-order valence-corrected chi connectivity index (χ0v) is 16.1. The molecule has 1 aliphatic heterocycles. The molecule has 7 heteroatoms. The summed E-state index contributed by atoms with van der Waals surface area (Å²) in [6.45, 7) is 6.18. The molecule has 27 heavy (non-hydrogen) atoms. The first-order valence-electron chi connectivity index (χ1n) is 9.48. The van der Waals surface area contributed by atoms with Gasteiger partial charge in [-0.05, 0) is 56.4 Å². The number of benzene rings is 1. The lowest BCUT2D eigenvalue weighted by Crippen LogP contribution is -2.49. The molecule has 2 heterocycles. The second-order valence-corrected chi connectivity index (χ2v) is 7.40. The number of aromatic nitrogens is 3. The molecule has 146 valence electrons. The minimum atomic E-state index is -0.879. The Hall–Kier alpha value is -2.41. The van der Waals surface area contributed by atoms with Crippen molar-refractivity contribution in [3.63, 3.8) is 0 Å². The Morgan fingerprint density at radius 3 is 2.70 bits per heavy atom. The fraction of sp³-hybridized carbons (Fsp3) is 0.550. The van der Waals surface area contributed by atoms with E-state index in [-0.39, 0.29) is 12.5 Å². The highest BCUT2D eigenvalue weighted by Crippen LogP contribution is 2.25. The number of amides is 1. The molecule has 1 saturated heterocycles. The summed E-state index contributed by atoms with van der Waals surface area (Å²) >= 11 is 0. The number of carbonyl (C=O) groups is 1. The van der Waals surface area contributed by atoms with Crippen LogP contribution in [0.15, 0.2) is 30.9 Å². The quantitative estimate of drug-likeness (QED) is 0.805. The van der Waals surface area contributed by atoms with Crippen LogP contribution in [0.5, 0.6) is 5.75 Å². The number of aliphatic hydroxyl groups is 1. The smallest absolute Gasteiger partial charge is 0.222 e. The van der Waals surface area contributed by atoms with Crippen LogP contribution in [0.4, 0.5) is 0 Å². The van der Waals surface area contributed by atoms with E-state index < -0.39 is 5.60 Å². The van der Waals surface area contributed by atoms with E-state index in [1.54, 1.807) is 11.0 Å². The van der Waals surface area contributed by atoms with Gasteiger partial charge in [0, 0.05) is 26.1 Å². The molecule has 0 aliphatic carbocycles. The molecular formula is C20H28N4O3. The first-order chi connectivity index (χ1) is 13.0. The second-order valence-electron chi connectivity index (χ2n) is 7.40. The Labute approximate surface area is 160 Å². The Morgan fingerprint density at radius 2 is 2.04 bits per heavy atom. The largest absolute Gasteiger partial charge is 0.491 e. The normalized spacial score (nSPS) is 16.3. The predicted molar refractivity (Wildman–Crippen MR) is 101 cm³/mol. The maximum Gasteiger partial charge on any atom is 0.222 e. The van der Waals surface area contributed by atoms with E-state index >= 15 is 0 Å². The summed E-state index contributed by atoms with van der Waals surface area (Å²) in [5.41, 5.74) is 1.51.